The van der Waals surface area contributed by atoms with Crippen LogP contribution in [-0.4, -0.2) is 42.5 Å². The number of aromatic nitrogens is 1. The maximum Gasteiger partial charge on any atom is 0.307 e. The molecule has 0 N–H and O–H groups in total. The highest BCUT2D eigenvalue weighted by Gasteiger charge is 2.21. The number of rotatable bonds is 8. The zero-order valence-electron chi connectivity index (χ0n) is 14.3. The molecule has 0 aliphatic rings. The molecule has 0 spiro atoms. The average molecular weight is 384 g/mol. The van der Waals surface area contributed by atoms with Crippen LogP contribution in [0.1, 0.15) is 27.5 Å². The van der Waals surface area contributed by atoms with Gasteiger partial charge in [0.05, 0.1) is 20.1 Å². The molecule has 0 saturated carbocycles. The molecular formula is C17H18F2N2O4S. The molecule has 140 valence electrons. The molecule has 0 aliphatic carbocycles. The summed E-state index contributed by atoms with van der Waals surface area (Å²) in [6.45, 7) is 0.342. The van der Waals surface area contributed by atoms with Crippen molar-refractivity contribution in [2.24, 2.45) is 0 Å². The number of carbonyl (C=O) groups excluding carboxylic acids is 2. The van der Waals surface area contributed by atoms with Gasteiger partial charge < -0.3 is 14.4 Å². The molecule has 1 heterocycles. The number of esters is 1. The summed E-state index contributed by atoms with van der Waals surface area (Å²) >= 11 is 1.27. The summed E-state index contributed by atoms with van der Waals surface area (Å²) in [5, 5.41) is 2.23. The van der Waals surface area contributed by atoms with E-state index in [2.05, 4.69) is 9.72 Å². The predicted octanol–water partition coefficient (Wildman–Crippen LogP) is 2.77. The molecule has 9 heteroatoms. The molecule has 2 aromatic rings. The Morgan fingerprint density at radius 1 is 1.23 bits per heavy atom. The van der Waals surface area contributed by atoms with Crippen LogP contribution in [-0.2, 0) is 27.4 Å². The van der Waals surface area contributed by atoms with Gasteiger partial charge in [0.2, 0.25) is 0 Å². The molecule has 0 aliphatic heterocycles. The molecule has 26 heavy (non-hydrogen) atoms. The Bertz CT molecular complexity index is 782. The van der Waals surface area contributed by atoms with Crippen LogP contribution in [0.5, 0.6) is 0 Å². The van der Waals surface area contributed by atoms with Crippen LogP contribution < -0.4 is 0 Å². The van der Waals surface area contributed by atoms with Gasteiger partial charge in [-0.2, -0.15) is 0 Å². The van der Waals surface area contributed by atoms with E-state index in [1.54, 1.807) is 5.38 Å². The minimum atomic E-state index is -1.00. The van der Waals surface area contributed by atoms with Crippen molar-refractivity contribution in [1.82, 2.24) is 9.88 Å². The fraction of sp³-hybridized carbons (Fsp3) is 0.353. The Kier molecular flexibility index (Phi) is 7.16. The first-order valence-corrected chi connectivity index (χ1v) is 8.56. The fourth-order valence-corrected chi connectivity index (χ4v) is 2.94. The van der Waals surface area contributed by atoms with Gasteiger partial charge in [-0.25, -0.2) is 13.8 Å². The Hall–Kier alpha value is -2.39. The zero-order valence-corrected chi connectivity index (χ0v) is 15.1. The number of halogens is 2. The molecule has 0 bridgehead atoms. The molecule has 0 atom stereocenters. The number of thiazole rings is 1. The summed E-state index contributed by atoms with van der Waals surface area (Å²) in [5.74, 6) is -2.87. The Balaban J connectivity index is 2.19. The lowest BCUT2D eigenvalue weighted by Gasteiger charge is -2.21. The van der Waals surface area contributed by atoms with Crippen molar-refractivity contribution in [3.8, 4) is 0 Å². The van der Waals surface area contributed by atoms with Crippen molar-refractivity contribution in [2.45, 2.75) is 19.6 Å². The highest BCUT2D eigenvalue weighted by atomic mass is 32.1. The number of nitrogens with zero attached hydrogens (tertiary/aromatic N) is 2. The molecular weight excluding hydrogens is 366 g/mol. The third kappa shape index (κ3) is 5.30. The largest absolute Gasteiger partial charge is 0.469 e. The van der Waals surface area contributed by atoms with Crippen molar-refractivity contribution in [1.29, 1.82) is 0 Å². The van der Waals surface area contributed by atoms with Gasteiger partial charge in [0.25, 0.3) is 5.91 Å². The van der Waals surface area contributed by atoms with Crippen molar-refractivity contribution in [2.75, 3.05) is 20.8 Å². The standard InChI is InChI=1S/C17H18F2N2O4S/c1-24-9-15-20-14(10-26-15)17(23)21(6-5-16(22)25-2)8-11-3-4-12(18)13(19)7-11/h3-4,7,10H,5-6,8-9H2,1-2H3. The zero-order chi connectivity index (χ0) is 19.1. The maximum atomic E-state index is 13.4. The van der Waals surface area contributed by atoms with E-state index in [4.69, 9.17) is 4.74 Å². The van der Waals surface area contributed by atoms with E-state index >= 15 is 0 Å². The van der Waals surface area contributed by atoms with Crippen LogP contribution in [0.4, 0.5) is 8.78 Å². The van der Waals surface area contributed by atoms with Crippen LogP contribution in [0, 0.1) is 11.6 Å². The second kappa shape index (κ2) is 9.35. The van der Waals surface area contributed by atoms with Gasteiger partial charge >= 0.3 is 5.97 Å². The van der Waals surface area contributed by atoms with Crippen LogP contribution in [0.2, 0.25) is 0 Å². The third-order valence-corrected chi connectivity index (χ3v) is 4.32. The molecule has 1 amide bonds. The van der Waals surface area contributed by atoms with Crippen LogP contribution in [0.15, 0.2) is 23.6 Å². The first-order chi connectivity index (χ1) is 12.4. The molecule has 2 rings (SSSR count). The number of benzene rings is 1. The Morgan fingerprint density at radius 3 is 2.65 bits per heavy atom. The molecule has 0 radical (unpaired) electrons. The second-order valence-corrected chi connectivity index (χ2v) is 6.30. The van der Waals surface area contributed by atoms with E-state index in [-0.39, 0.29) is 31.8 Å². The van der Waals surface area contributed by atoms with Crippen molar-refractivity contribution >= 4 is 23.2 Å². The maximum absolute atomic E-state index is 13.4. The summed E-state index contributed by atoms with van der Waals surface area (Å²) in [5.41, 5.74) is 0.601. The van der Waals surface area contributed by atoms with Gasteiger partial charge in [0, 0.05) is 25.6 Å². The monoisotopic (exact) mass is 384 g/mol. The topological polar surface area (TPSA) is 68.7 Å². The number of amides is 1. The molecule has 6 nitrogen and oxygen atoms in total. The lowest BCUT2D eigenvalue weighted by atomic mass is 10.2. The lowest BCUT2D eigenvalue weighted by molar-refractivity contribution is -0.140. The second-order valence-electron chi connectivity index (χ2n) is 5.36. The van der Waals surface area contributed by atoms with Crippen LogP contribution in [0.3, 0.4) is 0 Å². The summed E-state index contributed by atoms with van der Waals surface area (Å²) in [6, 6.07) is 3.40. The van der Waals surface area contributed by atoms with Crippen molar-refractivity contribution < 1.29 is 27.8 Å². The number of hydrogen-bond donors (Lipinski definition) is 0. The van der Waals surface area contributed by atoms with Gasteiger partial charge in [0.1, 0.15) is 10.7 Å². The molecule has 0 saturated heterocycles. The van der Waals surface area contributed by atoms with E-state index in [0.29, 0.717) is 10.6 Å². The fourth-order valence-electron chi connectivity index (χ4n) is 2.20. The molecule has 1 aromatic heterocycles. The van der Waals surface area contributed by atoms with Gasteiger partial charge in [-0.1, -0.05) is 6.07 Å². The summed E-state index contributed by atoms with van der Waals surface area (Å²) in [7, 11) is 2.77. The number of ether oxygens (including phenoxy) is 2. The summed E-state index contributed by atoms with van der Waals surface area (Å²) in [6.07, 6.45) is -0.0268. The molecule has 0 unspecified atom stereocenters. The lowest BCUT2D eigenvalue weighted by Crippen LogP contribution is -2.33. The van der Waals surface area contributed by atoms with E-state index in [9.17, 15) is 18.4 Å². The van der Waals surface area contributed by atoms with Gasteiger partial charge in [-0.15, -0.1) is 11.3 Å². The van der Waals surface area contributed by atoms with Crippen LogP contribution in [0.25, 0.3) is 0 Å². The quantitative estimate of drug-likeness (QED) is 0.655. The number of hydrogen-bond acceptors (Lipinski definition) is 6. The van der Waals surface area contributed by atoms with E-state index in [1.165, 1.54) is 36.5 Å². The normalized spacial score (nSPS) is 10.6. The van der Waals surface area contributed by atoms with Crippen molar-refractivity contribution in [3.05, 3.63) is 51.5 Å². The van der Waals surface area contributed by atoms with Crippen molar-refractivity contribution in [3.63, 3.8) is 0 Å². The first-order valence-electron chi connectivity index (χ1n) is 7.68. The third-order valence-electron chi connectivity index (χ3n) is 3.50. The Labute approximate surface area is 153 Å². The minimum absolute atomic E-state index is 0.00413. The van der Waals surface area contributed by atoms with Crippen LogP contribution >= 0.6 is 11.3 Å². The average Bonchev–Trinajstić information content (AvgIpc) is 3.09. The summed E-state index contributed by atoms with van der Waals surface area (Å²) in [4.78, 5) is 29.7. The summed E-state index contributed by atoms with van der Waals surface area (Å²) < 4.78 is 36.1. The van der Waals surface area contributed by atoms with Gasteiger partial charge in [-0.3, -0.25) is 9.59 Å². The van der Waals surface area contributed by atoms with E-state index < -0.39 is 23.5 Å². The van der Waals surface area contributed by atoms with E-state index in [1.807, 2.05) is 0 Å². The smallest absolute Gasteiger partial charge is 0.307 e. The number of methoxy groups -OCH3 is 2. The SMILES string of the molecule is COCc1nc(C(=O)N(CCC(=O)OC)Cc2ccc(F)c(F)c2)cs1. The Morgan fingerprint density at radius 2 is 2.00 bits per heavy atom. The molecule has 1 aromatic carbocycles. The predicted molar refractivity (Wildman–Crippen MR) is 90.6 cm³/mol. The highest BCUT2D eigenvalue weighted by molar-refractivity contribution is 7.09. The minimum Gasteiger partial charge on any atom is -0.469 e. The van der Waals surface area contributed by atoms with E-state index in [0.717, 1.165) is 12.1 Å². The highest BCUT2D eigenvalue weighted by Crippen LogP contribution is 2.16. The van der Waals surface area contributed by atoms with Gasteiger partial charge in [-0.05, 0) is 17.7 Å². The van der Waals surface area contributed by atoms with Gasteiger partial charge in [0.15, 0.2) is 11.6 Å². The number of carbonyl (C=O) groups is 2. The molecule has 0 fully saturated rings. The first kappa shape index (κ1) is 19.9.